The third kappa shape index (κ3) is 5.22. The third-order valence-electron chi connectivity index (χ3n) is 4.38. The van der Waals surface area contributed by atoms with Gasteiger partial charge in [-0.1, -0.05) is 25.1 Å². The van der Waals surface area contributed by atoms with E-state index in [4.69, 9.17) is 9.47 Å². The average molecular weight is 393 g/mol. The van der Waals surface area contributed by atoms with Crippen molar-refractivity contribution in [2.75, 3.05) is 34.9 Å². The van der Waals surface area contributed by atoms with Crippen LogP contribution in [0.25, 0.3) is 0 Å². The monoisotopic (exact) mass is 392 g/mol. The Balaban J connectivity index is 2.18. The van der Waals surface area contributed by atoms with Crippen molar-refractivity contribution in [2.24, 2.45) is 0 Å². The second-order valence-corrected chi connectivity index (χ2v) is 8.58. The van der Waals surface area contributed by atoms with Crippen LogP contribution in [0.4, 0.5) is 0 Å². The molecule has 0 heterocycles. The number of sulfonamides is 1. The zero-order valence-corrected chi connectivity index (χ0v) is 17.4. The van der Waals surface area contributed by atoms with Crippen LogP contribution in [-0.2, 0) is 23.1 Å². The molecule has 0 unspecified atom stereocenters. The van der Waals surface area contributed by atoms with Gasteiger partial charge in [-0.25, -0.2) is 12.7 Å². The summed E-state index contributed by atoms with van der Waals surface area (Å²) in [6, 6.07) is 13.0. The van der Waals surface area contributed by atoms with Crippen molar-refractivity contribution in [3.05, 3.63) is 53.6 Å². The van der Waals surface area contributed by atoms with Crippen molar-refractivity contribution in [3.63, 3.8) is 0 Å². The van der Waals surface area contributed by atoms with Gasteiger partial charge in [-0.3, -0.25) is 4.90 Å². The maximum Gasteiger partial charge on any atom is 0.242 e. The Hall–Kier alpha value is -2.09. The van der Waals surface area contributed by atoms with Crippen molar-refractivity contribution in [2.45, 2.75) is 24.9 Å². The van der Waals surface area contributed by atoms with Crippen molar-refractivity contribution in [1.82, 2.24) is 9.21 Å². The first-order valence-corrected chi connectivity index (χ1v) is 10.2. The van der Waals surface area contributed by atoms with E-state index in [0.29, 0.717) is 22.9 Å². The summed E-state index contributed by atoms with van der Waals surface area (Å²) in [5.41, 5.74) is 2.06. The summed E-state index contributed by atoms with van der Waals surface area (Å²) in [6.45, 7) is 4.29. The molecule has 0 bridgehead atoms. The van der Waals surface area contributed by atoms with E-state index in [1.807, 2.05) is 24.3 Å². The normalized spacial score (nSPS) is 11.8. The number of hydrogen-bond acceptors (Lipinski definition) is 5. The predicted molar refractivity (Wildman–Crippen MR) is 107 cm³/mol. The fourth-order valence-corrected chi connectivity index (χ4v) is 3.76. The van der Waals surface area contributed by atoms with Crippen LogP contribution in [0.5, 0.6) is 11.5 Å². The van der Waals surface area contributed by atoms with Gasteiger partial charge in [-0.2, -0.15) is 0 Å². The van der Waals surface area contributed by atoms with Crippen LogP contribution >= 0.6 is 0 Å². The lowest BCUT2D eigenvalue weighted by Gasteiger charge is -2.22. The van der Waals surface area contributed by atoms with Gasteiger partial charge in [0.25, 0.3) is 0 Å². The summed E-state index contributed by atoms with van der Waals surface area (Å²) < 4.78 is 36.6. The van der Waals surface area contributed by atoms with Crippen molar-refractivity contribution in [3.8, 4) is 11.5 Å². The number of benzene rings is 2. The van der Waals surface area contributed by atoms with E-state index in [9.17, 15) is 8.42 Å². The standard InChI is InChI=1S/C20H28N2O4S/c1-6-22(15-17-10-11-19(25-4)20(13-17)26-5)14-16-8-7-9-18(12-16)27(23,24)21(2)3/h7-13H,6,14-15H2,1-5H3. The smallest absolute Gasteiger partial charge is 0.242 e. The summed E-state index contributed by atoms with van der Waals surface area (Å²) in [7, 11) is 2.88. The van der Waals surface area contributed by atoms with Gasteiger partial charge >= 0.3 is 0 Å². The summed E-state index contributed by atoms with van der Waals surface area (Å²) in [6.07, 6.45) is 0. The lowest BCUT2D eigenvalue weighted by atomic mass is 10.1. The van der Waals surface area contributed by atoms with Crippen LogP contribution in [0.1, 0.15) is 18.1 Å². The number of ether oxygens (including phenoxy) is 2. The molecule has 0 aliphatic heterocycles. The highest BCUT2D eigenvalue weighted by molar-refractivity contribution is 7.89. The minimum atomic E-state index is -3.43. The van der Waals surface area contributed by atoms with E-state index < -0.39 is 10.0 Å². The Morgan fingerprint density at radius 2 is 1.52 bits per heavy atom. The molecule has 2 rings (SSSR count). The van der Waals surface area contributed by atoms with Crippen LogP contribution in [0.3, 0.4) is 0 Å². The molecule has 0 saturated carbocycles. The molecule has 0 atom stereocenters. The lowest BCUT2D eigenvalue weighted by molar-refractivity contribution is 0.270. The lowest BCUT2D eigenvalue weighted by Crippen LogP contribution is -2.24. The largest absolute Gasteiger partial charge is 0.493 e. The summed E-state index contributed by atoms with van der Waals surface area (Å²) in [5.74, 6) is 1.40. The Bertz CT molecular complexity index is 866. The highest BCUT2D eigenvalue weighted by Crippen LogP contribution is 2.28. The molecule has 0 spiro atoms. The van der Waals surface area contributed by atoms with Crippen molar-refractivity contribution < 1.29 is 17.9 Å². The Labute approximate surface area is 162 Å². The van der Waals surface area contributed by atoms with E-state index in [-0.39, 0.29) is 0 Å². The van der Waals surface area contributed by atoms with E-state index in [1.54, 1.807) is 32.4 Å². The zero-order chi connectivity index (χ0) is 20.0. The SMILES string of the molecule is CCN(Cc1cccc(S(=O)(=O)N(C)C)c1)Cc1ccc(OC)c(OC)c1. The quantitative estimate of drug-likeness (QED) is 0.657. The molecule has 0 amide bonds. The molecular formula is C20H28N2O4S. The molecule has 0 N–H and O–H groups in total. The van der Waals surface area contributed by atoms with E-state index in [1.165, 1.54) is 18.4 Å². The Morgan fingerprint density at radius 1 is 0.889 bits per heavy atom. The molecule has 2 aromatic rings. The van der Waals surface area contributed by atoms with Crippen molar-refractivity contribution in [1.29, 1.82) is 0 Å². The van der Waals surface area contributed by atoms with Gasteiger partial charge in [-0.15, -0.1) is 0 Å². The molecule has 2 aromatic carbocycles. The molecule has 0 aromatic heterocycles. The summed E-state index contributed by atoms with van der Waals surface area (Å²) in [4.78, 5) is 2.55. The van der Waals surface area contributed by atoms with Gasteiger partial charge in [0.1, 0.15) is 0 Å². The maximum absolute atomic E-state index is 12.3. The van der Waals surface area contributed by atoms with Gasteiger partial charge < -0.3 is 9.47 Å². The van der Waals surface area contributed by atoms with E-state index in [0.717, 1.165) is 24.2 Å². The molecule has 0 radical (unpaired) electrons. The molecule has 148 valence electrons. The van der Waals surface area contributed by atoms with Gasteiger partial charge in [0.05, 0.1) is 19.1 Å². The predicted octanol–water partition coefficient (Wildman–Crippen LogP) is 2.98. The fourth-order valence-electron chi connectivity index (χ4n) is 2.79. The zero-order valence-electron chi connectivity index (χ0n) is 16.6. The Morgan fingerprint density at radius 3 is 2.07 bits per heavy atom. The molecule has 0 saturated heterocycles. The fraction of sp³-hybridized carbons (Fsp3) is 0.400. The Kier molecular flexibility index (Phi) is 7.24. The number of rotatable bonds is 9. The van der Waals surface area contributed by atoms with Crippen molar-refractivity contribution >= 4 is 10.0 Å². The number of methoxy groups -OCH3 is 2. The topological polar surface area (TPSA) is 59.1 Å². The van der Waals surface area contributed by atoms with Crippen LogP contribution in [-0.4, -0.2) is 52.5 Å². The third-order valence-corrected chi connectivity index (χ3v) is 6.20. The first kappa shape index (κ1) is 21.2. The summed E-state index contributed by atoms with van der Waals surface area (Å²) >= 11 is 0. The number of hydrogen-bond donors (Lipinski definition) is 0. The maximum atomic E-state index is 12.3. The van der Waals surface area contributed by atoms with Gasteiger partial charge in [0.15, 0.2) is 11.5 Å². The van der Waals surface area contributed by atoms with Crippen LogP contribution in [0, 0.1) is 0 Å². The molecular weight excluding hydrogens is 364 g/mol. The van der Waals surface area contributed by atoms with E-state index in [2.05, 4.69) is 11.8 Å². The van der Waals surface area contributed by atoms with E-state index >= 15 is 0 Å². The summed E-state index contributed by atoms with van der Waals surface area (Å²) in [5, 5.41) is 0. The minimum Gasteiger partial charge on any atom is -0.493 e. The first-order valence-electron chi connectivity index (χ1n) is 8.76. The minimum absolute atomic E-state index is 0.312. The van der Waals surface area contributed by atoms with Crippen LogP contribution in [0.2, 0.25) is 0 Å². The molecule has 7 heteroatoms. The molecule has 6 nitrogen and oxygen atoms in total. The first-order chi connectivity index (χ1) is 12.8. The van der Waals surface area contributed by atoms with Crippen LogP contribution in [0.15, 0.2) is 47.4 Å². The van der Waals surface area contributed by atoms with Gasteiger partial charge in [0.2, 0.25) is 10.0 Å². The number of nitrogens with zero attached hydrogens (tertiary/aromatic N) is 2. The average Bonchev–Trinajstić information content (AvgIpc) is 2.67. The second-order valence-electron chi connectivity index (χ2n) is 6.43. The highest BCUT2D eigenvalue weighted by Gasteiger charge is 2.17. The molecule has 0 fully saturated rings. The van der Waals surface area contributed by atoms with Gasteiger partial charge in [0, 0.05) is 27.2 Å². The molecule has 27 heavy (non-hydrogen) atoms. The molecule has 0 aliphatic carbocycles. The highest BCUT2D eigenvalue weighted by atomic mass is 32.2. The van der Waals surface area contributed by atoms with Crippen LogP contribution < -0.4 is 9.47 Å². The molecule has 0 aliphatic rings. The second kappa shape index (κ2) is 9.21. The van der Waals surface area contributed by atoms with Gasteiger partial charge in [-0.05, 0) is 41.9 Å².